The number of allylic oxidation sites excluding steroid dienone is 2. The van der Waals surface area contributed by atoms with Crippen LogP contribution in [0.3, 0.4) is 0 Å². The van der Waals surface area contributed by atoms with Gasteiger partial charge in [-0.05, 0) is 91.2 Å². The SMILES string of the molecule is COc1cc2c(c(OC)c1OC)CCC(/C=C/C(=O)N1CCCN(C(=O)/C=C/C3CCc4c(cc(OC)c(OC)c4OC)C3C)CC1)C2C. The number of amides is 2. The Hall–Kier alpha value is -4.34. The molecule has 0 aromatic heterocycles. The molecule has 0 radical (unpaired) electrons. The maximum absolute atomic E-state index is 13.3. The van der Waals surface area contributed by atoms with Crippen molar-refractivity contribution in [1.29, 1.82) is 0 Å². The number of benzene rings is 2. The molecule has 3 aliphatic rings. The van der Waals surface area contributed by atoms with Crippen LogP contribution in [-0.4, -0.2) is 90.5 Å². The summed E-state index contributed by atoms with van der Waals surface area (Å²) in [5.74, 6) is 4.70. The highest BCUT2D eigenvalue weighted by Crippen LogP contribution is 2.50. The van der Waals surface area contributed by atoms with Crippen molar-refractivity contribution in [3.8, 4) is 34.5 Å². The van der Waals surface area contributed by atoms with Crippen LogP contribution >= 0.6 is 0 Å². The Labute approximate surface area is 290 Å². The summed E-state index contributed by atoms with van der Waals surface area (Å²) in [5.41, 5.74) is 4.59. The second-order valence-corrected chi connectivity index (χ2v) is 13.1. The summed E-state index contributed by atoms with van der Waals surface area (Å²) in [4.78, 5) is 30.4. The minimum absolute atomic E-state index is 0.00934. The Kier molecular flexibility index (Phi) is 11.7. The van der Waals surface area contributed by atoms with Crippen molar-refractivity contribution in [2.45, 2.75) is 57.8 Å². The third kappa shape index (κ3) is 7.19. The number of methoxy groups -OCH3 is 6. The lowest BCUT2D eigenvalue weighted by atomic mass is 9.75. The fraction of sp³-hybridized carbons (Fsp3) is 0.538. The van der Waals surface area contributed by atoms with E-state index in [1.54, 1.807) is 54.8 Å². The summed E-state index contributed by atoms with van der Waals surface area (Å²) in [6.45, 7) is 6.63. The van der Waals surface area contributed by atoms with E-state index in [9.17, 15) is 9.59 Å². The summed E-state index contributed by atoms with van der Waals surface area (Å²) in [6, 6.07) is 4.08. The molecule has 2 aliphatic carbocycles. The van der Waals surface area contributed by atoms with Gasteiger partial charge in [-0.3, -0.25) is 9.59 Å². The molecule has 10 heteroatoms. The second-order valence-electron chi connectivity index (χ2n) is 13.1. The highest BCUT2D eigenvalue weighted by molar-refractivity contribution is 5.89. The molecule has 1 fully saturated rings. The number of carbonyl (C=O) groups is 2. The van der Waals surface area contributed by atoms with E-state index in [-0.39, 0.29) is 35.5 Å². The quantitative estimate of drug-likeness (QED) is 0.286. The van der Waals surface area contributed by atoms with Crippen LogP contribution in [0, 0.1) is 11.8 Å². The molecule has 1 saturated heterocycles. The first-order valence-electron chi connectivity index (χ1n) is 17.3. The fourth-order valence-electron chi connectivity index (χ4n) is 7.89. The van der Waals surface area contributed by atoms with Gasteiger partial charge in [0.15, 0.2) is 23.0 Å². The van der Waals surface area contributed by atoms with E-state index in [2.05, 4.69) is 26.0 Å². The van der Waals surface area contributed by atoms with Gasteiger partial charge in [0.2, 0.25) is 23.3 Å². The van der Waals surface area contributed by atoms with E-state index >= 15 is 0 Å². The minimum Gasteiger partial charge on any atom is -0.493 e. The molecule has 0 bridgehead atoms. The van der Waals surface area contributed by atoms with Crippen molar-refractivity contribution in [1.82, 2.24) is 9.80 Å². The van der Waals surface area contributed by atoms with Crippen LogP contribution in [0.2, 0.25) is 0 Å². The average molecular weight is 677 g/mol. The zero-order valence-electron chi connectivity index (χ0n) is 30.3. The largest absolute Gasteiger partial charge is 0.493 e. The van der Waals surface area contributed by atoms with Gasteiger partial charge in [0, 0.05) is 37.3 Å². The topological polar surface area (TPSA) is 96.0 Å². The maximum atomic E-state index is 13.3. The van der Waals surface area contributed by atoms with Crippen molar-refractivity contribution < 1.29 is 38.0 Å². The average Bonchev–Trinajstić information content (AvgIpc) is 3.39. The third-order valence-corrected chi connectivity index (χ3v) is 10.7. The molecule has 266 valence electrons. The van der Waals surface area contributed by atoms with Gasteiger partial charge in [-0.2, -0.15) is 0 Å². The zero-order valence-corrected chi connectivity index (χ0v) is 30.3. The van der Waals surface area contributed by atoms with Gasteiger partial charge < -0.3 is 38.2 Å². The summed E-state index contributed by atoms with van der Waals surface area (Å²) >= 11 is 0. The van der Waals surface area contributed by atoms with Crippen LogP contribution < -0.4 is 28.4 Å². The number of nitrogens with zero attached hydrogens (tertiary/aromatic N) is 2. The Morgan fingerprint density at radius 1 is 0.592 bits per heavy atom. The molecule has 2 amide bonds. The molecule has 10 nitrogen and oxygen atoms in total. The van der Waals surface area contributed by atoms with Gasteiger partial charge in [-0.1, -0.05) is 26.0 Å². The summed E-state index contributed by atoms with van der Waals surface area (Å²) in [7, 11) is 9.81. The standard InChI is InChI=1S/C39H52N2O8/c1-24-26(10-14-28-30(24)22-32(44-3)38(48-7)36(28)46-5)12-16-34(42)40-18-9-19-41(21-20-40)35(43)17-13-27-11-15-29-31(25(27)2)23-33(45-4)39(49-8)37(29)47-6/h12-13,16-17,22-27H,9-11,14-15,18-21H2,1-8H3/b16-12+,17-13+. The van der Waals surface area contributed by atoms with Crippen molar-refractivity contribution in [3.05, 3.63) is 58.7 Å². The smallest absolute Gasteiger partial charge is 0.246 e. The van der Waals surface area contributed by atoms with Crippen LogP contribution in [0.1, 0.15) is 67.2 Å². The molecule has 5 rings (SSSR count). The van der Waals surface area contributed by atoms with Crippen LogP contribution in [0.5, 0.6) is 34.5 Å². The molecule has 1 heterocycles. The molecule has 0 saturated carbocycles. The van der Waals surface area contributed by atoms with Gasteiger partial charge in [-0.15, -0.1) is 0 Å². The van der Waals surface area contributed by atoms with Crippen molar-refractivity contribution in [3.63, 3.8) is 0 Å². The Morgan fingerprint density at radius 3 is 1.33 bits per heavy atom. The molecule has 4 atom stereocenters. The molecular weight excluding hydrogens is 624 g/mol. The minimum atomic E-state index is -0.00934. The zero-order chi connectivity index (χ0) is 35.2. The van der Waals surface area contributed by atoms with Crippen LogP contribution in [0.15, 0.2) is 36.4 Å². The van der Waals surface area contributed by atoms with Crippen LogP contribution in [-0.2, 0) is 22.4 Å². The van der Waals surface area contributed by atoms with E-state index < -0.39 is 0 Å². The van der Waals surface area contributed by atoms with Crippen LogP contribution in [0.25, 0.3) is 0 Å². The fourth-order valence-corrected chi connectivity index (χ4v) is 7.89. The summed E-state index contributed by atoms with van der Waals surface area (Å²) in [5, 5.41) is 0. The molecule has 2 aromatic carbocycles. The predicted molar refractivity (Wildman–Crippen MR) is 189 cm³/mol. The van der Waals surface area contributed by atoms with E-state index in [1.165, 1.54) is 0 Å². The number of carbonyl (C=O) groups excluding carboxylic acids is 2. The molecule has 2 aromatic rings. The van der Waals surface area contributed by atoms with E-state index in [1.807, 2.05) is 21.9 Å². The van der Waals surface area contributed by atoms with E-state index in [0.717, 1.165) is 65.9 Å². The lowest BCUT2D eigenvalue weighted by molar-refractivity contribution is -0.128. The highest BCUT2D eigenvalue weighted by Gasteiger charge is 2.32. The molecule has 0 N–H and O–H groups in total. The lowest BCUT2D eigenvalue weighted by Gasteiger charge is -2.32. The highest BCUT2D eigenvalue weighted by atomic mass is 16.5. The normalized spacial score (nSPS) is 22.3. The van der Waals surface area contributed by atoms with Crippen molar-refractivity contribution in [2.24, 2.45) is 11.8 Å². The van der Waals surface area contributed by atoms with Gasteiger partial charge in [0.05, 0.1) is 42.7 Å². The number of hydrogen-bond acceptors (Lipinski definition) is 8. The van der Waals surface area contributed by atoms with Gasteiger partial charge in [0.25, 0.3) is 0 Å². The molecule has 1 aliphatic heterocycles. The number of ether oxygens (including phenoxy) is 6. The third-order valence-electron chi connectivity index (χ3n) is 10.7. The summed E-state index contributed by atoms with van der Waals surface area (Å²) in [6.07, 6.45) is 11.8. The number of hydrogen-bond donors (Lipinski definition) is 0. The van der Waals surface area contributed by atoms with E-state index in [0.29, 0.717) is 49.2 Å². The monoisotopic (exact) mass is 676 g/mol. The number of fused-ring (bicyclic) bond motifs is 2. The first-order chi connectivity index (χ1) is 23.7. The van der Waals surface area contributed by atoms with Crippen molar-refractivity contribution >= 4 is 11.8 Å². The molecule has 0 spiro atoms. The maximum Gasteiger partial charge on any atom is 0.246 e. The van der Waals surface area contributed by atoms with Gasteiger partial charge in [-0.25, -0.2) is 0 Å². The first kappa shape index (κ1) is 36.0. The lowest BCUT2D eigenvalue weighted by Crippen LogP contribution is -2.36. The first-order valence-corrected chi connectivity index (χ1v) is 17.3. The van der Waals surface area contributed by atoms with Crippen LogP contribution in [0.4, 0.5) is 0 Å². The predicted octanol–water partition coefficient (Wildman–Crippen LogP) is 5.94. The van der Waals surface area contributed by atoms with Gasteiger partial charge in [0.1, 0.15) is 0 Å². The summed E-state index contributed by atoms with van der Waals surface area (Å²) < 4.78 is 33.8. The second kappa shape index (κ2) is 15.9. The molecule has 49 heavy (non-hydrogen) atoms. The molecule has 4 unspecified atom stereocenters. The molecular formula is C39H52N2O8. The van der Waals surface area contributed by atoms with Gasteiger partial charge >= 0.3 is 0 Å². The van der Waals surface area contributed by atoms with Crippen molar-refractivity contribution in [2.75, 3.05) is 68.8 Å². The Balaban J connectivity index is 1.19. The Morgan fingerprint density at radius 2 is 0.980 bits per heavy atom. The Bertz CT molecular complexity index is 1470. The van der Waals surface area contributed by atoms with E-state index in [4.69, 9.17) is 28.4 Å². The number of rotatable bonds is 10.